The Kier molecular flexibility index (Phi) is 4.67. The molecule has 0 spiro atoms. The Morgan fingerprint density at radius 1 is 0.900 bits per heavy atom. The third-order valence-corrected chi connectivity index (χ3v) is 4.67. The van der Waals surface area contributed by atoms with Crippen LogP contribution in [0.5, 0.6) is 5.75 Å². The van der Waals surface area contributed by atoms with Crippen molar-refractivity contribution in [3.05, 3.63) is 93.4 Å². The molecule has 4 rings (SSSR count). The van der Waals surface area contributed by atoms with Crippen LogP contribution in [0.25, 0.3) is 5.69 Å². The van der Waals surface area contributed by atoms with E-state index in [-0.39, 0.29) is 16.7 Å². The van der Waals surface area contributed by atoms with Crippen molar-refractivity contribution in [2.24, 2.45) is 0 Å². The molecule has 0 fully saturated rings. The minimum atomic E-state index is -0.954. The van der Waals surface area contributed by atoms with Crippen LogP contribution in [-0.2, 0) is 4.84 Å². The number of aromatic nitrogens is 1. The maximum absolute atomic E-state index is 12.6. The van der Waals surface area contributed by atoms with Crippen LogP contribution < -0.4 is 10.3 Å². The van der Waals surface area contributed by atoms with Crippen LogP contribution in [0.1, 0.15) is 36.6 Å². The van der Waals surface area contributed by atoms with Crippen LogP contribution in [-0.4, -0.2) is 34.5 Å². The van der Waals surface area contributed by atoms with E-state index in [4.69, 9.17) is 9.57 Å². The van der Waals surface area contributed by atoms with Crippen molar-refractivity contribution < 1.29 is 24.0 Å². The second-order valence-electron chi connectivity index (χ2n) is 6.63. The summed E-state index contributed by atoms with van der Waals surface area (Å²) >= 11 is 0. The molecule has 30 heavy (non-hydrogen) atoms. The summed E-state index contributed by atoms with van der Waals surface area (Å²) in [6.07, 6.45) is 1.28. The van der Waals surface area contributed by atoms with Gasteiger partial charge in [0.05, 0.1) is 29.5 Å². The van der Waals surface area contributed by atoms with Gasteiger partial charge in [-0.05, 0) is 42.8 Å². The highest BCUT2D eigenvalue weighted by Gasteiger charge is 2.38. The number of pyridine rings is 1. The number of carbonyl (C=O) groups excluding carboxylic acids is 3. The van der Waals surface area contributed by atoms with Crippen LogP contribution in [0.15, 0.2) is 65.6 Å². The van der Waals surface area contributed by atoms with E-state index in [1.807, 2.05) is 13.0 Å². The first-order valence-electron chi connectivity index (χ1n) is 8.98. The smallest absolute Gasteiger partial charge is 0.365 e. The van der Waals surface area contributed by atoms with Gasteiger partial charge in [0.2, 0.25) is 0 Å². The molecular weight excluding hydrogens is 388 g/mol. The lowest BCUT2D eigenvalue weighted by Gasteiger charge is -2.15. The molecule has 2 heterocycles. The molecule has 0 atom stereocenters. The third kappa shape index (κ3) is 3.14. The second-order valence-corrected chi connectivity index (χ2v) is 6.63. The summed E-state index contributed by atoms with van der Waals surface area (Å²) in [5.74, 6) is -1.96. The van der Waals surface area contributed by atoms with Gasteiger partial charge in [-0.25, -0.2) is 4.79 Å². The zero-order valence-corrected chi connectivity index (χ0v) is 16.1. The summed E-state index contributed by atoms with van der Waals surface area (Å²) < 4.78 is 6.55. The van der Waals surface area contributed by atoms with Gasteiger partial charge in [0.25, 0.3) is 17.4 Å². The average molecular weight is 404 g/mol. The normalized spacial score (nSPS) is 12.7. The number of methoxy groups -OCH3 is 1. The van der Waals surface area contributed by atoms with E-state index < -0.39 is 23.3 Å². The summed E-state index contributed by atoms with van der Waals surface area (Å²) in [5, 5.41) is 0.426. The van der Waals surface area contributed by atoms with Crippen LogP contribution in [0.3, 0.4) is 0 Å². The van der Waals surface area contributed by atoms with Crippen molar-refractivity contribution in [1.29, 1.82) is 0 Å². The molecule has 0 saturated carbocycles. The molecule has 0 bridgehead atoms. The van der Waals surface area contributed by atoms with Gasteiger partial charge < -0.3 is 9.57 Å². The number of amides is 2. The molecule has 0 radical (unpaired) electrons. The van der Waals surface area contributed by atoms with E-state index in [2.05, 4.69) is 0 Å². The van der Waals surface area contributed by atoms with Crippen molar-refractivity contribution in [3.8, 4) is 11.4 Å². The number of ether oxygens (including phenoxy) is 1. The minimum absolute atomic E-state index is 0.0188. The van der Waals surface area contributed by atoms with Crippen LogP contribution in [0.4, 0.5) is 0 Å². The first-order chi connectivity index (χ1) is 14.4. The number of hydrogen-bond acceptors (Lipinski definition) is 6. The van der Waals surface area contributed by atoms with Crippen LogP contribution in [0.2, 0.25) is 0 Å². The summed E-state index contributed by atoms with van der Waals surface area (Å²) in [6.45, 7) is 1.86. The minimum Gasteiger partial charge on any atom is -0.495 e. The number of nitrogens with zero attached hydrogens (tertiary/aromatic N) is 2. The van der Waals surface area contributed by atoms with Gasteiger partial charge in [0.15, 0.2) is 0 Å². The number of carbonyl (C=O) groups is 3. The fourth-order valence-electron chi connectivity index (χ4n) is 3.17. The van der Waals surface area contributed by atoms with Gasteiger partial charge in [-0.1, -0.05) is 23.3 Å². The third-order valence-electron chi connectivity index (χ3n) is 4.67. The molecule has 150 valence electrons. The zero-order chi connectivity index (χ0) is 21.4. The Labute approximate surface area is 170 Å². The first kappa shape index (κ1) is 19.1. The summed E-state index contributed by atoms with van der Waals surface area (Å²) in [5.41, 5.74) is 1.23. The van der Waals surface area contributed by atoms with Crippen molar-refractivity contribution in [1.82, 2.24) is 9.63 Å². The molecule has 8 nitrogen and oxygen atoms in total. The van der Waals surface area contributed by atoms with Gasteiger partial charge in [-0.2, -0.15) is 0 Å². The summed E-state index contributed by atoms with van der Waals surface area (Å²) in [6, 6.07) is 13.9. The van der Waals surface area contributed by atoms with Gasteiger partial charge in [-0.15, -0.1) is 0 Å². The number of imide groups is 1. The Hall–Kier alpha value is -4.20. The van der Waals surface area contributed by atoms with E-state index in [0.717, 1.165) is 5.56 Å². The Morgan fingerprint density at radius 2 is 1.57 bits per heavy atom. The molecule has 2 aromatic carbocycles. The largest absolute Gasteiger partial charge is 0.495 e. The lowest BCUT2D eigenvalue weighted by molar-refractivity contribution is -0.0585. The van der Waals surface area contributed by atoms with Gasteiger partial charge in [0, 0.05) is 12.3 Å². The second kappa shape index (κ2) is 7.32. The summed E-state index contributed by atoms with van der Waals surface area (Å²) in [4.78, 5) is 54.9. The standard InChI is InChI=1S/C22H16N2O6/c1-13-7-9-18(29-2)17(11-13)23-12-14(8-10-19(23)25)22(28)30-24-20(26)15-5-3-4-6-16(15)21(24)27/h3-12H,1-2H3. The molecule has 1 aliphatic rings. The zero-order valence-electron chi connectivity index (χ0n) is 16.1. The van der Waals surface area contributed by atoms with Gasteiger partial charge in [0.1, 0.15) is 5.75 Å². The quantitative estimate of drug-likeness (QED) is 0.620. The molecule has 3 aromatic rings. The molecule has 1 aromatic heterocycles. The maximum atomic E-state index is 12.6. The highest BCUT2D eigenvalue weighted by Crippen LogP contribution is 2.25. The maximum Gasteiger partial charge on any atom is 0.365 e. The number of hydroxylamine groups is 2. The molecule has 0 aliphatic carbocycles. The van der Waals surface area contributed by atoms with Crippen molar-refractivity contribution in [2.75, 3.05) is 7.11 Å². The van der Waals surface area contributed by atoms with Crippen molar-refractivity contribution >= 4 is 17.8 Å². The van der Waals surface area contributed by atoms with E-state index in [9.17, 15) is 19.2 Å². The molecule has 0 unspecified atom stereocenters. The Morgan fingerprint density at radius 3 is 2.20 bits per heavy atom. The number of hydrogen-bond donors (Lipinski definition) is 0. The number of benzene rings is 2. The Balaban J connectivity index is 1.67. The molecule has 1 aliphatic heterocycles. The van der Waals surface area contributed by atoms with Crippen molar-refractivity contribution in [3.63, 3.8) is 0 Å². The summed E-state index contributed by atoms with van der Waals surface area (Å²) in [7, 11) is 1.47. The molecule has 8 heteroatoms. The number of aryl methyl sites for hydroxylation is 1. The van der Waals surface area contributed by atoms with Crippen LogP contribution in [0, 0.1) is 6.92 Å². The molecule has 0 saturated heterocycles. The van der Waals surface area contributed by atoms with E-state index in [1.165, 1.54) is 42.1 Å². The van der Waals surface area contributed by atoms with E-state index >= 15 is 0 Å². The van der Waals surface area contributed by atoms with Crippen LogP contribution >= 0.6 is 0 Å². The monoisotopic (exact) mass is 404 g/mol. The lowest BCUT2D eigenvalue weighted by Crippen LogP contribution is -2.33. The molecule has 2 amide bonds. The van der Waals surface area contributed by atoms with Crippen molar-refractivity contribution in [2.45, 2.75) is 6.92 Å². The number of fused-ring (bicyclic) bond motifs is 1. The SMILES string of the molecule is COc1ccc(C)cc1-n1cc(C(=O)ON2C(=O)c3ccccc3C2=O)ccc1=O. The highest BCUT2D eigenvalue weighted by molar-refractivity contribution is 6.21. The highest BCUT2D eigenvalue weighted by atomic mass is 16.7. The van der Waals surface area contributed by atoms with E-state index in [1.54, 1.807) is 24.3 Å². The molecular formula is C22H16N2O6. The fourth-order valence-corrected chi connectivity index (χ4v) is 3.17. The van der Waals surface area contributed by atoms with Gasteiger partial charge >= 0.3 is 5.97 Å². The topological polar surface area (TPSA) is 94.9 Å². The Bertz CT molecular complexity index is 1230. The first-order valence-corrected chi connectivity index (χ1v) is 8.98. The lowest BCUT2D eigenvalue weighted by atomic mass is 10.1. The number of rotatable bonds is 4. The predicted molar refractivity (Wildman–Crippen MR) is 106 cm³/mol. The van der Waals surface area contributed by atoms with Gasteiger partial charge in [-0.3, -0.25) is 19.0 Å². The van der Waals surface area contributed by atoms with E-state index in [0.29, 0.717) is 16.5 Å². The predicted octanol–water partition coefficient (Wildman–Crippen LogP) is 2.52. The molecule has 0 N–H and O–H groups in total. The fraction of sp³-hybridized carbons (Fsp3) is 0.0909. The average Bonchev–Trinajstić information content (AvgIpc) is 2.99.